The number of carbonyl (C=O) groups is 1. The highest BCUT2D eigenvalue weighted by molar-refractivity contribution is 5.73. The maximum absolute atomic E-state index is 11.5. The molecule has 0 fully saturated rings. The van der Waals surface area contributed by atoms with Gasteiger partial charge in [-0.05, 0) is 33.1 Å². The number of nitrogens with zero attached hydrogens (tertiary/aromatic N) is 2. The average molecular weight is 435 g/mol. The molecule has 0 spiro atoms. The van der Waals surface area contributed by atoms with Crippen LogP contribution in [-0.4, -0.2) is 42.0 Å². The molecule has 3 unspecified atom stereocenters. The minimum atomic E-state index is 0.0594. The van der Waals surface area contributed by atoms with Gasteiger partial charge in [0.2, 0.25) is 5.91 Å². The van der Waals surface area contributed by atoms with Crippen molar-refractivity contribution >= 4 is 12.1 Å². The molecule has 1 heterocycles. The Morgan fingerprint density at radius 3 is 2.00 bits per heavy atom. The fourth-order valence-corrected chi connectivity index (χ4v) is 5.06. The van der Waals surface area contributed by atoms with Crippen LogP contribution in [0, 0.1) is 0 Å². The van der Waals surface area contributed by atoms with E-state index in [4.69, 9.17) is 4.99 Å². The smallest absolute Gasteiger partial charge is 0.221 e. The van der Waals surface area contributed by atoms with Crippen LogP contribution in [0.5, 0.6) is 0 Å². The fraction of sp³-hybridized carbons (Fsp3) is 0.852. The summed E-state index contributed by atoms with van der Waals surface area (Å²) in [4.78, 5) is 16.3. The van der Waals surface area contributed by atoms with Gasteiger partial charge in [-0.15, -0.1) is 0 Å². The minimum Gasteiger partial charge on any atom is -0.307 e. The third kappa shape index (κ3) is 11.3. The number of hydrogen-bond donors (Lipinski definition) is 1. The standard InChI is InChI=1S/C27H51N3O/c1-5-7-8-9-10-11-12-13-14-15-16-17-18-19-20-21-22-27-28-23-24-30(27,6-2)25(3)29-26(4)31/h5,7,23,25,27H,6,8-22,24H2,1-4H3/p+1/b7-5+. The topological polar surface area (TPSA) is 41.5 Å². The van der Waals surface area contributed by atoms with Crippen LogP contribution in [0.15, 0.2) is 17.1 Å². The van der Waals surface area contributed by atoms with Crippen molar-refractivity contribution in [2.45, 2.75) is 136 Å². The number of allylic oxidation sites excluding steroid dienone is 2. The molecule has 1 amide bonds. The van der Waals surface area contributed by atoms with Crippen LogP contribution in [0.25, 0.3) is 0 Å². The van der Waals surface area contributed by atoms with Gasteiger partial charge in [0.1, 0.15) is 6.54 Å². The molecule has 1 rings (SSSR count). The molecule has 180 valence electrons. The third-order valence-corrected chi connectivity index (χ3v) is 7.13. The van der Waals surface area contributed by atoms with Crippen LogP contribution >= 0.6 is 0 Å². The van der Waals surface area contributed by atoms with Gasteiger partial charge in [0.05, 0.1) is 12.8 Å². The summed E-state index contributed by atoms with van der Waals surface area (Å²) in [6.45, 7) is 10.0. The quantitative estimate of drug-likeness (QED) is 0.131. The largest absolute Gasteiger partial charge is 0.307 e. The van der Waals surface area contributed by atoms with E-state index in [-0.39, 0.29) is 12.1 Å². The molecule has 0 bridgehead atoms. The van der Waals surface area contributed by atoms with E-state index in [0.717, 1.165) is 24.0 Å². The van der Waals surface area contributed by atoms with Gasteiger partial charge in [0.25, 0.3) is 0 Å². The summed E-state index contributed by atoms with van der Waals surface area (Å²) >= 11 is 0. The average Bonchev–Trinajstić information content (AvgIpc) is 3.17. The second kappa shape index (κ2) is 17.4. The van der Waals surface area contributed by atoms with E-state index in [1.54, 1.807) is 6.92 Å². The first-order valence-electron chi connectivity index (χ1n) is 13.3. The van der Waals surface area contributed by atoms with Crippen LogP contribution in [0.3, 0.4) is 0 Å². The molecule has 0 radical (unpaired) electrons. The first-order valence-corrected chi connectivity index (χ1v) is 13.3. The van der Waals surface area contributed by atoms with Gasteiger partial charge >= 0.3 is 0 Å². The van der Waals surface area contributed by atoms with E-state index < -0.39 is 0 Å². The Kier molecular flexibility index (Phi) is 15.6. The number of rotatable bonds is 19. The molecule has 0 aliphatic carbocycles. The predicted octanol–water partition coefficient (Wildman–Crippen LogP) is 7.14. The highest BCUT2D eigenvalue weighted by atomic mass is 16.1. The molecule has 0 aromatic heterocycles. The van der Waals surface area contributed by atoms with Crippen LogP contribution in [-0.2, 0) is 4.79 Å². The normalized spacial score (nSPS) is 21.7. The van der Waals surface area contributed by atoms with E-state index in [1.165, 1.54) is 89.9 Å². The van der Waals surface area contributed by atoms with Gasteiger partial charge in [-0.3, -0.25) is 9.28 Å². The first-order chi connectivity index (χ1) is 15.1. The molecule has 0 aromatic rings. The lowest BCUT2D eigenvalue weighted by molar-refractivity contribution is -0.959. The van der Waals surface area contributed by atoms with Crippen molar-refractivity contribution in [2.24, 2.45) is 4.99 Å². The zero-order valence-corrected chi connectivity index (χ0v) is 21.2. The molecule has 3 atom stereocenters. The Morgan fingerprint density at radius 2 is 1.52 bits per heavy atom. The highest BCUT2D eigenvalue weighted by Crippen LogP contribution is 2.27. The van der Waals surface area contributed by atoms with Crippen molar-refractivity contribution < 1.29 is 9.28 Å². The van der Waals surface area contributed by atoms with E-state index in [0.29, 0.717) is 6.17 Å². The van der Waals surface area contributed by atoms with Gasteiger partial charge in [-0.1, -0.05) is 82.8 Å². The van der Waals surface area contributed by atoms with Gasteiger partial charge < -0.3 is 5.32 Å². The summed E-state index contributed by atoms with van der Waals surface area (Å²) in [6.07, 6.45) is 27.4. The molecule has 0 aromatic carbocycles. The predicted molar refractivity (Wildman–Crippen MR) is 135 cm³/mol. The Morgan fingerprint density at radius 1 is 1.00 bits per heavy atom. The number of aliphatic imine (C=N–C) groups is 1. The molecule has 4 nitrogen and oxygen atoms in total. The molecule has 1 aliphatic heterocycles. The summed E-state index contributed by atoms with van der Waals surface area (Å²) < 4.78 is 0.884. The lowest BCUT2D eigenvalue weighted by atomic mass is 10.0. The van der Waals surface area contributed by atoms with Gasteiger partial charge in [0.15, 0.2) is 12.3 Å². The number of quaternary nitrogens is 1. The summed E-state index contributed by atoms with van der Waals surface area (Å²) in [5.74, 6) is 0.0594. The molecule has 1 aliphatic rings. The maximum atomic E-state index is 11.5. The second-order valence-electron chi connectivity index (χ2n) is 9.53. The zero-order valence-electron chi connectivity index (χ0n) is 21.2. The van der Waals surface area contributed by atoms with Gasteiger partial charge in [-0.2, -0.15) is 0 Å². The first kappa shape index (κ1) is 27.9. The van der Waals surface area contributed by atoms with Crippen molar-refractivity contribution in [1.29, 1.82) is 0 Å². The number of nitrogens with one attached hydrogen (secondary N) is 1. The number of carbonyl (C=O) groups excluding carboxylic acids is 1. The van der Waals surface area contributed by atoms with Gasteiger partial charge in [0, 0.05) is 20.3 Å². The molecule has 0 saturated heterocycles. The van der Waals surface area contributed by atoms with Crippen molar-refractivity contribution in [1.82, 2.24) is 5.32 Å². The van der Waals surface area contributed by atoms with E-state index in [9.17, 15) is 4.79 Å². The summed E-state index contributed by atoms with van der Waals surface area (Å²) in [5, 5.41) is 3.11. The molecule has 4 heteroatoms. The van der Waals surface area contributed by atoms with Crippen molar-refractivity contribution in [3.63, 3.8) is 0 Å². The number of amides is 1. The fourth-order valence-electron chi connectivity index (χ4n) is 5.06. The lowest BCUT2D eigenvalue weighted by Gasteiger charge is -2.42. The monoisotopic (exact) mass is 434 g/mol. The van der Waals surface area contributed by atoms with Crippen LogP contribution in [0.1, 0.15) is 124 Å². The molecule has 31 heavy (non-hydrogen) atoms. The van der Waals surface area contributed by atoms with Crippen LogP contribution in [0.4, 0.5) is 0 Å². The second-order valence-corrected chi connectivity index (χ2v) is 9.53. The Hall–Kier alpha value is -1.16. The van der Waals surface area contributed by atoms with E-state index in [1.807, 2.05) is 0 Å². The molecule has 0 saturated carbocycles. The van der Waals surface area contributed by atoms with Crippen LogP contribution in [0.2, 0.25) is 0 Å². The summed E-state index contributed by atoms with van der Waals surface area (Å²) in [6, 6.07) is 0. The van der Waals surface area contributed by atoms with Crippen molar-refractivity contribution in [3.8, 4) is 0 Å². The maximum Gasteiger partial charge on any atom is 0.221 e. The Labute approximate surface area is 193 Å². The minimum absolute atomic E-state index is 0.0594. The highest BCUT2D eigenvalue weighted by Gasteiger charge is 2.42. The van der Waals surface area contributed by atoms with E-state index >= 15 is 0 Å². The summed E-state index contributed by atoms with van der Waals surface area (Å²) in [5.41, 5.74) is 0. The third-order valence-electron chi connectivity index (χ3n) is 7.13. The SMILES string of the molecule is C/C=C/CCCCCCCCCCCCCCCC1N=CC[N+]1(CC)C(C)NC(C)=O. The Balaban J connectivity index is 2.00. The molecule has 1 N–H and O–H groups in total. The molecular weight excluding hydrogens is 382 g/mol. The zero-order chi connectivity index (χ0) is 22.8. The van der Waals surface area contributed by atoms with Crippen molar-refractivity contribution in [2.75, 3.05) is 13.1 Å². The molecular formula is C27H52N3O+. The van der Waals surface area contributed by atoms with Gasteiger partial charge in [-0.25, -0.2) is 4.99 Å². The van der Waals surface area contributed by atoms with Crippen molar-refractivity contribution in [3.05, 3.63) is 12.2 Å². The lowest BCUT2D eigenvalue weighted by Crippen LogP contribution is -2.63. The van der Waals surface area contributed by atoms with E-state index in [2.05, 4.69) is 44.5 Å². The Bertz CT molecular complexity index is 517. The number of unbranched alkanes of at least 4 members (excludes halogenated alkanes) is 13. The number of hydrogen-bond acceptors (Lipinski definition) is 2. The summed E-state index contributed by atoms with van der Waals surface area (Å²) in [7, 11) is 0. The van der Waals surface area contributed by atoms with Crippen LogP contribution < -0.4 is 5.32 Å².